The Labute approximate surface area is 207 Å². The zero-order valence-electron chi connectivity index (χ0n) is 20.4. The van der Waals surface area contributed by atoms with Crippen LogP contribution in [0.5, 0.6) is 0 Å². The standard InChI is InChI=1S/C26H26N10/c1-16-14-36(15-29-16)26-23-20(8-9-28-26)31-25(32-23)24-22-21(33-34-24)7-6-19(30-22)18-11-17(12-27-13-18)5-4-10-35(2)3/h6-9,11-15H,4-5,10H2,1-3H3,(H,31,32)(H,33,34). The Morgan fingerprint density at radius 1 is 1.00 bits per heavy atom. The molecule has 6 heterocycles. The van der Waals surface area contributed by atoms with Crippen molar-refractivity contribution in [2.45, 2.75) is 19.8 Å². The number of aromatic nitrogens is 9. The largest absolute Gasteiger partial charge is 0.336 e. The lowest BCUT2D eigenvalue weighted by Gasteiger charge is -2.09. The van der Waals surface area contributed by atoms with E-state index in [4.69, 9.17) is 9.97 Å². The molecule has 0 saturated heterocycles. The maximum Gasteiger partial charge on any atom is 0.166 e. The topological polar surface area (TPSA) is 117 Å². The van der Waals surface area contributed by atoms with Gasteiger partial charge in [-0.05, 0) is 70.2 Å². The highest BCUT2D eigenvalue weighted by atomic mass is 15.2. The van der Waals surface area contributed by atoms with Gasteiger partial charge in [0.1, 0.15) is 17.4 Å². The van der Waals surface area contributed by atoms with Crippen LogP contribution in [0.1, 0.15) is 17.7 Å². The Morgan fingerprint density at radius 2 is 1.92 bits per heavy atom. The van der Waals surface area contributed by atoms with Gasteiger partial charge in [-0.25, -0.2) is 19.9 Å². The summed E-state index contributed by atoms with van der Waals surface area (Å²) in [6, 6.07) is 8.06. The molecule has 0 aliphatic carbocycles. The van der Waals surface area contributed by atoms with Crippen molar-refractivity contribution in [3.05, 3.63) is 66.6 Å². The van der Waals surface area contributed by atoms with Crippen molar-refractivity contribution in [3.63, 3.8) is 0 Å². The van der Waals surface area contributed by atoms with Crippen LogP contribution in [-0.2, 0) is 6.42 Å². The Bertz CT molecular complexity index is 1670. The van der Waals surface area contributed by atoms with E-state index in [9.17, 15) is 0 Å². The van der Waals surface area contributed by atoms with Crippen molar-refractivity contribution in [2.24, 2.45) is 0 Å². The molecule has 10 nitrogen and oxygen atoms in total. The first-order chi connectivity index (χ1) is 17.5. The zero-order valence-corrected chi connectivity index (χ0v) is 20.4. The van der Waals surface area contributed by atoms with E-state index in [0.717, 1.165) is 58.4 Å². The average Bonchev–Trinajstić information content (AvgIpc) is 3.61. The Balaban J connectivity index is 1.37. The second-order valence-corrected chi connectivity index (χ2v) is 9.19. The first kappa shape index (κ1) is 22.1. The summed E-state index contributed by atoms with van der Waals surface area (Å²) < 4.78 is 1.87. The number of aromatic amines is 2. The van der Waals surface area contributed by atoms with Gasteiger partial charge in [0.05, 0.1) is 22.4 Å². The maximum atomic E-state index is 4.95. The molecule has 6 aromatic heterocycles. The van der Waals surface area contributed by atoms with E-state index in [0.29, 0.717) is 17.3 Å². The van der Waals surface area contributed by atoms with Gasteiger partial charge in [-0.1, -0.05) is 0 Å². The van der Waals surface area contributed by atoms with Crippen LogP contribution in [0.3, 0.4) is 0 Å². The van der Waals surface area contributed by atoms with Gasteiger partial charge < -0.3 is 9.88 Å². The number of nitrogens with zero attached hydrogens (tertiary/aromatic N) is 8. The van der Waals surface area contributed by atoms with Crippen LogP contribution in [0, 0.1) is 6.92 Å². The minimum atomic E-state index is 0.627. The highest BCUT2D eigenvalue weighted by molar-refractivity contribution is 5.92. The Hall–Kier alpha value is -4.44. The smallest absolute Gasteiger partial charge is 0.166 e. The molecule has 6 rings (SSSR count). The molecule has 0 aliphatic heterocycles. The lowest BCUT2D eigenvalue weighted by Crippen LogP contribution is -2.13. The van der Waals surface area contributed by atoms with Gasteiger partial charge in [-0.3, -0.25) is 14.6 Å². The van der Waals surface area contributed by atoms with Gasteiger partial charge >= 0.3 is 0 Å². The molecule has 0 spiro atoms. The SMILES string of the molecule is Cc1cn(-c2nccc3[nH]c(-c4n[nH]c5ccc(-c6cncc(CCCN(C)C)c6)nc45)nc23)cn1. The number of hydrogen-bond donors (Lipinski definition) is 2. The third-order valence-electron chi connectivity index (χ3n) is 6.13. The van der Waals surface area contributed by atoms with Crippen LogP contribution in [0.15, 0.2) is 55.4 Å². The second kappa shape index (κ2) is 8.97. The molecule has 0 radical (unpaired) electrons. The number of fused-ring (bicyclic) bond motifs is 2. The molecule has 10 heteroatoms. The van der Waals surface area contributed by atoms with Crippen LogP contribution >= 0.6 is 0 Å². The number of imidazole rings is 2. The molecule has 0 amide bonds. The van der Waals surface area contributed by atoms with Gasteiger partial charge in [-0.2, -0.15) is 5.10 Å². The summed E-state index contributed by atoms with van der Waals surface area (Å²) in [7, 11) is 4.18. The first-order valence-corrected chi connectivity index (χ1v) is 11.9. The number of pyridine rings is 3. The van der Waals surface area contributed by atoms with E-state index in [1.54, 1.807) is 12.5 Å². The average molecular weight is 479 g/mol. The Morgan fingerprint density at radius 3 is 2.75 bits per heavy atom. The number of H-pyrrole nitrogens is 2. The molecule has 0 aromatic carbocycles. The number of nitrogens with one attached hydrogen (secondary N) is 2. The fourth-order valence-corrected chi connectivity index (χ4v) is 4.35. The molecular formula is C26H26N10. The normalized spacial score (nSPS) is 11.8. The van der Waals surface area contributed by atoms with Crippen molar-refractivity contribution < 1.29 is 0 Å². The van der Waals surface area contributed by atoms with Gasteiger partial charge in [0.15, 0.2) is 17.3 Å². The molecule has 0 bridgehead atoms. The first-order valence-electron chi connectivity index (χ1n) is 11.9. The molecule has 0 saturated carbocycles. The van der Waals surface area contributed by atoms with Crippen LogP contribution in [0.2, 0.25) is 0 Å². The molecule has 0 atom stereocenters. The van der Waals surface area contributed by atoms with Crippen molar-refractivity contribution in [2.75, 3.05) is 20.6 Å². The molecule has 2 N–H and O–H groups in total. The van der Waals surface area contributed by atoms with Crippen LogP contribution < -0.4 is 0 Å². The van der Waals surface area contributed by atoms with Gasteiger partial charge in [0, 0.05) is 30.4 Å². The quantitative estimate of drug-likeness (QED) is 0.357. The van der Waals surface area contributed by atoms with Crippen LogP contribution in [0.4, 0.5) is 0 Å². The third-order valence-corrected chi connectivity index (χ3v) is 6.13. The van der Waals surface area contributed by atoms with E-state index in [1.165, 1.54) is 5.56 Å². The van der Waals surface area contributed by atoms with Gasteiger partial charge in [0.2, 0.25) is 0 Å². The summed E-state index contributed by atoms with van der Waals surface area (Å²) in [6.07, 6.45) is 11.3. The highest BCUT2D eigenvalue weighted by Gasteiger charge is 2.17. The summed E-state index contributed by atoms with van der Waals surface area (Å²) in [5.74, 6) is 1.34. The lowest BCUT2D eigenvalue weighted by atomic mass is 10.1. The predicted octanol–water partition coefficient (Wildman–Crippen LogP) is 3.95. The summed E-state index contributed by atoms with van der Waals surface area (Å²) in [6.45, 7) is 2.99. The van der Waals surface area contributed by atoms with Crippen LogP contribution in [-0.4, -0.2) is 70.2 Å². The fourth-order valence-electron chi connectivity index (χ4n) is 4.35. The summed E-state index contributed by atoms with van der Waals surface area (Å²) >= 11 is 0. The summed E-state index contributed by atoms with van der Waals surface area (Å²) in [4.78, 5) is 28.7. The molecule has 0 fully saturated rings. The van der Waals surface area contributed by atoms with Crippen molar-refractivity contribution in [3.8, 4) is 28.6 Å². The monoisotopic (exact) mass is 478 g/mol. The Kier molecular flexibility index (Phi) is 5.49. The molecule has 180 valence electrons. The van der Waals surface area contributed by atoms with Crippen molar-refractivity contribution in [1.82, 2.24) is 49.6 Å². The van der Waals surface area contributed by atoms with Crippen molar-refractivity contribution >= 4 is 22.1 Å². The molecule has 6 aromatic rings. The van der Waals surface area contributed by atoms with Crippen molar-refractivity contribution in [1.29, 1.82) is 0 Å². The summed E-state index contributed by atoms with van der Waals surface area (Å²) in [5, 5.41) is 7.62. The molecule has 36 heavy (non-hydrogen) atoms. The number of hydrogen-bond acceptors (Lipinski definition) is 7. The zero-order chi connectivity index (χ0) is 24.6. The van der Waals surface area contributed by atoms with E-state index >= 15 is 0 Å². The van der Waals surface area contributed by atoms with Gasteiger partial charge in [0.25, 0.3) is 0 Å². The maximum absolute atomic E-state index is 4.95. The minimum absolute atomic E-state index is 0.627. The second-order valence-electron chi connectivity index (χ2n) is 9.19. The van der Waals surface area contributed by atoms with E-state index in [1.807, 2.05) is 48.3 Å². The number of aryl methyl sites for hydroxylation is 2. The molecule has 0 aliphatic rings. The highest BCUT2D eigenvalue weighted by Crippen LogP contribution is 2.29. The van der Waals surface area contributed by atoms with E-state index in [2.05, 4.69) is 55.2 Å². The van der Waals surface area contributed by atoms with E-state index in [-0.39, 0.29) is 0 Å². The minimum Gasteiger partial charge on any atom is -0.336 e. The summed E-state index contributed by atoms with van der Waals surface area (Å²) in [5.41, 5.74) is 7.80. The van der Waals surface area contributed by atoms with Crippen LogP contribution in [0.25, 0.3) is 50.7 Å². The van der Waals surface area contributed by atoms with Gasteiger partial charge in [-0.15, -0.1) is 0 Å². The fraction of sp³-hybridized carbons (Fsp3) is 0.231. The van der Waals surface area contributed by atoms with E-state index < -0.39 is 0 Å². The lowest BCUT2D eigenvalue weighted by molar-refractivity contribution is 0.400. The molecule has 0 unspecified atom stereocenters. The predicted molar refractivity (Wildman–Crippen MR) is 139 cm³/mol. The molecular weight excluding hydrogens is 452 g/mol. The number of rotatable bonds is 7. The third kappa shape index (κ3) is 4.11.